The van der Waals surface area contributed by atoms with Crippen molar-refractivity contribution in [2.75, 3.05) is 5.32 Å². The Morgan fingerprint density at radius 3 is 3.06 bits per heavy atom. The fourth-order valence-corrected chi connectivity index (χ4v) is 1.73. The van der Waals surface area contributed by atoms with Crippen LogP contribution in [0, 0.1) is 18.3 Å². The largest absolute Gasteiger partial charge is 0.349 e. The molecule has 2 aromatic heterocycles. The molecule has 0 saturated heterocycles. The lowest BCUT2D eigenvalue weighted by Gasteiger charge is -2.03. The summed E-state index contributed by atoms with van der Waals surface area (Å²) < 4.78 is 0. The Labute approximate surface area is 96.8 Å². The van der Waals surface area contributed by atoms with Crippen LogP contribution in [0.4, 0.5) is 5.95 Å². The summed E-state index contributed by atoms with van der Waals surface area (Å²) in [5.74, 6) is 0.477. The van der Waals surface area contributed by atoms with Crippen molar-refractivity contribution in [3.05, 3.63) is 34.0 Å². The molecule has 0 atom stereocenters. The van der Waals surface area contributed by atoms with E-state index in [0.29, 0.717) is 18.2 Å². The minimum Gasteiger partial charge on any atom is -0.349 e. The molecule has 0 aliphatic rings. The highest BCUT2D eigenvalue weighted by Crippen LogP contribution is 2.09. The highest BCUT2D eigenvalue weighted by molar-refractivity contribution is 7.09. The Hall–Kier alpha value is -2.00. The second kappa shape index (κ2) is 4.68. The smallest absolute Gasteiger partial charge is 0.224 e. The molecule has 16 heavy (non-hydrogen) atoms. The minimum atomic E-state index is 0.374. The average molecular weight is 231 g/mol. The third-order valence-electron chi connectivity index (χ3n) is 1.87. The molecule has 0 unspecified atom stereocenters. The van der Waals surface area contributed by atoms with Crippen LogP contribution in [0.15, 0.2) is 17.8 Å². The quantitative estimate of drug-likeness (QED) is 0.870. The number of aryl methyl sites for hydroxylation is 1. The molecule has 0 aliphatic carbocycles. The van der Waals surface area contributed by atoms with Crippen LogP contribution >= 0.6 is 11.3 Å². The van der Waals surface area contributed by atoms with Crippen molar-refractivity contribution in [2.24, 2.45) is 0 Å². The van der Waals surface area contributed by atoms with Crippen molar-refractivity contribution in [1.29, 1.82) is 5.26 Å². The number of hydrogen-bond donors (Lipinski definition) is 1. The topological polar surface area (TPSA) is 74.5 Å². The van der Waals surface area contributed by atoms with Crippen molar-refractivity contribution in [3.8, 4) is 6.07 Å². The highest BCUT2D eigenvalue weighted by Gasteiger charge is 2.01. The third kappa shape index (κ3) is 2.52. The van der Waals surface area contributed by atoms with Gasteiger partial charge in [-0.25, -0.2) is 9.97 Å². The van der Waals surface area contributed by atoms with Gasteiger partial charge in [-0.3, -0.25) is 4.98 Å². The maximum atomic E-state index is 8.76. The minimum absolute atomic E-state index is 0.374. The van der Waals surface area contributed by atoms with Gasteiger partial charge in [0, 0.05) is 16.8 Å². The van der Waals surface area contributed by atoms with Gasteiger partial charge in [-0.1, -0.05) is 0 Å². The van der Waals surface area contributed by atoms with E-state index >= 15 is 0 Å². The molecule has 80 valence electrons. The van der Waals surface area contributed by atoms with Crippen molar-refractivity contribution < 1.29 is 0 Å². The fourth-order valence-electron chi connectivity index (χ4n) is 1.20. The van der Waals surface area contributed by atoms with Crippen LogP contribution in [0.25, 0.3) is 0 Å². The summed E-state index contributed by atoms with van der Waals surface area (Å²) >= 11 is 1.56. The molecule has 5 nitrogen and oxygen atoms in total. The summed E-state index contributed by atoms with van der Waals surface area (Å²) in [5.41, 5.74) is 2.92. The second-order valence-corrected chi connectivity index (χ2v) is 4.12. The normalized spacial score (nSPS) is 9.75. The van der Waals surface area contributed by atoms with Gasteiger partial charge in [0.25, 0.3) is 0 Å². The summed E-state index contributed by atoms with van der Waals surface area (Å²) in [5, 5.41) is 11.8. The molecular weight excluding hydrogens is 222 g/mol. The number of nitrogens with zero attached hydrogens (tertiary/aromatic N) is 4. The summed E-state index contributed by atoms with van der Waals surface area (Å²) in [4.78, 5) is 13.3. The number of anilines is 1. The first-order valence-corrected chi connectivity index (χ1v) is 5.53. The zero-order valence-corrected chi connectivity index (χ0v) is 9.45. The predicted molar refractivity (Wildman–Crippen MR) is 60.9 cm³/mol. The molecule has 0 bridgehead atoms. The lowest BCUT2D eigenvalue weighted by molar-refractivity contribution is 1.03. The number of aromatic nitrogens is 3. The van der Waals surface area contributed by atoms with Crippen LogP contribution in [-0.4, -0.2) is 15.0 Å². The highest BCUT2D eigenvalue weighted by atomic mass is 32.1. The first kappa shape index (κ1) is 10.5. The molecular formula is C10H9N5S. The van der Waals surface area contributed by atoms with E-state index < -0.39 is 0 Å². The molecule has 1 N–H and O–H groups in total. The Morgan fingerprint density at radius 2 is 2.38 bits per heavy atom. The van der Waals surface area contributed by atoms with Crippen LogP contribution < -0.4 is 5.32 Å². The van der Waals surface area contributed by atoms with E-state index in [1.807, 2.05) is 13.0 Å². The molecule has 6 heteroatoms. The third-order valence-corrected chi connectivity index (χ3v) is 2.65. The molecule has 0 amide bonds. The monoisotopic (exact) mass is 231 g/mol. The molecule has 2 aromatic rings. The van der Waals surface area contributed by atoms with Crippen LogP contribution in [-0.2, 0) is 6.54 Å². The van der Waals surface area contributed by atoms with Gasteiger partial charge in [0.05, 0.1) is 12.1 Å². The van der Waals surface area contributed by atoms with E-state index in [4.69, 9.17) is 5.26 Å². The molecule has 0 radical (unpaired) electrons. The Balaban J connectivity index is 2.10. The summed E-state index contributed by atoms with van der Waals surface area (Å²) in [6, 6.07) is 3.65. The lowest BCUT2D eigenvalue weighted by Crippen LogP contribution is -2.04. The van der Waals surface area contributed by atoms with Gasteiger partial charge in [-0.05, 0) is 13.0 Å². The van der Waals surface area contributed by atoms with Gasteiger partial charge in [-0.15, -0.1) is 11.3 Å². The first-order valence-electron chi connectivity index (χ1n) is 4.65. The number of nitriles is 1. The van der Waals surface area contributed by atoms with Crippen LogP contribution in [0.2, 0.25) is 0 Å². The van der Waals surface area contributed by atoms with E-state index in [9.17, 15) is 0 Å². The van der Waals surface area contributed by atoms with Gasteiger partial charge in [0.1, 0.15) is 11.8 Å². The molecule has 2 rings (SSSR count). The average Bonchev–Trinajstić information content (AvgIpc) is 2.78. The SMILES string of the molecule is Cc1cc(C#N)nc(NCc2cncs2)n1. The standard InChI is InChI=1S/C10H9N5S/c1-7-2-8(3-11)15-10(14-7)13-5-9-4-12-6-16-9/h2,4,6H,5H2,1H3,(H,13,14,15). The van der Waals surface area contributed by atoms with Crippen molar-refractivity contribution in [3.63, 3.8) is 0 Å². The van der Waals surface area contributed by atoms with E-state index in [1.165, 1.54) is 0 Å². The predicted octanol–water partition coefficient (Wildman–Crippen LogP) is 1.73. The molecule has 0 aliphatic heterocycles. The molecule has 0 saturated carbocycles. The van der Waals surface area contributed by atoms with E-state index in [0.717, 1.165) is 10.6 Å². The Kier molecular flexibility index (Phi) is 3.08. The zero-order valence-electron chi connectivity index (χ0n) is 8.64. The van der Waals surface area contributed by atoms with Gasteiger partial charge in [-0.2, -0.15) is 5.26 Å². The summed E-state index contributed by atoms with van der Waals surface area (Å²) in [6.07, 6.45) is 1.79. The molecule has 0 fully saturated rings. The second-order valence-electron chi connectivity index (χ2n) is 3.15. The molecule has 2 heterocycles. The van der Waals surface area contributed by atoms with Crippen LogP contribution in [0.5, 0.6) is 0 Å². The zero-order chi connectivity index (χ0) is 11.4. The van der Waals surface area contributed by atoms with Gasteiger partial charge in [0.15, 0.2) is 0 Å². The summed E-state index contributed by atoms with van der Waals surface area (Å²) in [6.45, 7) is 2.46. The van der Waals surface area contributed by atoms with E-state index in [-0.39, 0.29) is 0 Å². The van der Waals surface area contributed by atoms with Crippen molar-refractivity contribution in [2.45, 2.75) is 13.5 Å². The van der Waals surface area contributed by atoms with Gasteiger partial charge >= 0.3 is 0 Å². The maximum Gasteiger partial charge on any atom is 0.224 e. The van der Waals surface area contributed by atoms with Gasteiger partial charge in [0.2, 0.25) is 5.95 Å². The summed E-state index contributed by atoms with van der Waals surface area (Å²) in [7, 11) is 0. The fraction of sp³-hybridized carbons (Fsp3) is 0.200. The Bertz CT molecular complexity index is 515. The lowest BCUT2D eigenvalue weighted by atomic mass is 10.3. The molecule has 0 aromatic carbocycles. The van der Waals surface area contributed by atoms with Crippen LogP contribution in [0.3, 0.4) is 0 Å². The first-order chi connectivity index (χ1) is 7.78. The van der Waals surface area contributed by atoms with Crippen molar-refractivity contribution in [1.82, 2.24) is 15.0 Å². The number of hydrogen-bond acceptors (Lipinski definition) is 6. The van der Waals surface area contributed by atoms with E-state index in [1.54, 1.807) is 29.1 Å². The number of thiazole rings is 1. The number of nitrogens with one attached hydrogen (secondary N) is 1. The van der Waals surface area contributed by atoms with Gasteiger partial charge < -0.3 is 5.32 Å². The Morgan fingerprint density at radius 1 is 1.50 bits per heavy atom. The van der Waals surface area contributed by atoms with Crippen LogP contribution in [0.1, 0.15) is 16.3 Å². The number of rotatable bonds is 3. The van der Waals surface area contributed by atoms with Crippen molar-refractivity contribution >= 4 is 17.3 Å². The molecule has 0 spiro atoms. The maximum absolute atomic E-state index is 8.76. The van der Waals surface area contributed by atoms with E-state index in [2.05, 4.69) is 20.3 Å².